The summed E-state index contributed by atoms with van der Waals surface area (Å²) in [5.41, 5.74) is 0.254. The largest absolute Gasteiger partial charge is 0.371 e. The Kier molecular flexibility index (Phi) is 3.50. The summed E-state index contributed by atoms with van der Waals surface area (Å²) in [5, 5.41) is 5.49. The number of carbonyl (C=O) groups excluding carboxylic acids is 1. The van der Waals surface area contributed by atoms with E-state index in [0.717, 1.165) is 25.0 Å². The van der Waals surface area contributed by atoms with Crippen LogP contribution in [0.1, 0.15) is 25.3 Å². The Morgan fingerprint density at radius 2 is 2.00 bits per heavy atom. The number of aryl methyl sites for hydroxylation is 1. The summed E-state index contributed by atoms with van der Waals surface area (Å²) in [6, 6.07) is 1.85. The van der Waals surface area contributed by atoms with Crippen LogP contribution in [0, 0.1) is 18.6 Å². The molecule has 0 spiro atoms. The minimum Gasteiger partial charge on any atom is -0.371 e. The second-order valence-electron chi connectivity index (χ2n) is 4.73. The van der Waals surface area contributed by atoms with Gasteiger partial charge in [-0.1, -0.05) is 0 Å². The van der Waals surface area contributed by atoms with Crippen LogP contribution in [0.15, 0.2) is 12.1 Å². The van der Waals surface area contributed by atoms with E-state index in [9.17, 15) is 13.6 Å². The van der Waals surface area contributed by atoms with Gasteiger partial charge < -0.3 is 10.6 Å². The Balaban J connectivity index is 2.03. The van der Waals surface area contributed by atoms with Crippen LogP contribution in [-0.4, -0.2) is 18.0 Å². The van der Waals surface area contributed by atoms with Gasteiger partial charge in [0, 0.05) is 12.1 Å². The van der Waals surface area contributed by atoms with Crippen molar-refractivity contribution in [3.63, 3.8) is 0 Å². The van der Waals surface area contributed by atoms with Crippen molar-refractivity contribution in [1.82, 2.24) is 5.32 Å². The Morgan fingerprint density at radius 3 is 2.61 bits per heavy atom. The molecule has 1 saturated carbocycles. The van der Waals surface area contributed by atoms with Crippen LogP contribution < -0.4 is 10.6 Å². The third kappa shape index (κ3) is 2.97. The van der Waals surface area contributed by atoms with E-state index in [0.29, 0.717) is 0 Å². The van der Waals surface area contributed by atoms with E-state index < -0.39 is 17.7 Å². The van der Waals surface area contributed by atoms with Gasteiger partial charge in [-0.15, -0.1) is 0 Å². The van der Waals surface area contributed by atoms with Crippen LogP contribution in [0.2, 0.25) is 0 Å². The molecule has 1 aromatic rings. The van der Waals surface area contributed by atoms with Gasteiger partial charge in [-0.3, -0.25) is 4.79 Å². The fourth-order valence-corrected chi connectivity index (χ4v) is 1.61. The number of nitrogens with one attached hydrogen (secondary N) is 2. The van der Waals surface area contributed by atoms with Gasteiger partial charge in [-0.25, -0.2) is 8.78 Å². The molecule has 2 rings (SSSR count). The zero-order valence-electron chi connectivity index (χ0n) is 10.4. The second-order valence-corrected chi connectivity index (χ2v) is 4.73. The van der Waals surface area contributed by atoms with Gasteiger partial charge in [0.05, 0.1) is 5.69 Å². The van der Waals surface area contributed by atoms with Gasteiger partial charge in [-0.05, 0) is 38.3 Å². The first-order chi connectivity index (χ1) is 8.47. The molecule has 2 N–H and O–H groups in total. The molecule has 0 aromatic heterocycles. The summed E-state index contributed by atoms with van der Waals surface area (Å²) in [6.07, 6.45) is 1.98. The number of hydrogen-bond acceptors (Lipinski definition) is 2. The van der Waals surface area contributed by atoms with Gasteiger partial charge in [0.2, 0.25) is 5.91 Å². The molecule has 1 aliphatic rings. The van der Waals surface area contributed by atoms with Crippen LogP contribution in [0.4, 0.5) is 14.5 Å². The molecular formula is C13H16F2N2O. The minimum atomic E-state index is -0.595. The standard InChI is InChI=1S/C13H16F2N2O/c1-7-5-11(15)12(6-10(7)14)16-8(2)13(18)17-9-3-4-9/h5-6,8-9,16H,3-4H2,1-2H3,(H,17,18). The Bertz CT molecular complexity index is 472. The molecule has 18 heavy (non-hydrogen) atoms. The predicted octanol–water partition coefficient (Wildman–Crippen LogP) is 2.35. The Morgan fingerprint density at radius 1 is 1.33 bits per heavy atom. The number of anilines is 1. The maximum Gasteiger partial charge on any atom is 0.242 e. The number of benzene rings is 1. The van der Waals surface area contributed by atoms with E-state index in [2.05, 4.69) is 10.6 Å². The van der Waals surface area contributed by atoms with Gasteiger partial charge >= 0.3 is 0 Å². The summed E-state index contributed by atoms with van der Waals surface area (Å²) >= 11 is 0. The zero-order valence-corrected chi connectivity index (χ0v) is 10.4. The van der Waals surface area contributed by atoms with Crippen molar-refractivity contribution < 1.29 is 13.6 Å². The normalized spacial score (nSPS) is 16.2. The molecule has 1 unspecified atom stereocenters. The van der Waals surface area contributed by atoms with Crippen molar-refractivity contribution >= 4 is 11.6 Å². The first-order valence-corrected chi connectivity index (χ1v) is 6.00. The summed E-state index contributed by atoms with van der Waals surface area (Å²) in [4.78, 5) is 11.7. The number of rotatable bonds is 4. The molecule has 0 aliphatic heterocycles. The van der Waals surface area contributed by atoms with Crippen molar-refractivity contribution in [3.05, 3.63) is 29.3 Å². The van der Waals surface area contributed by atoms with Crippen LogP contribution in [0.3, 0.4) is 0 Å². The van der Waals surface area contributed by atoms with Crippen LogP contribution in [0.25, 0.3) is 0 Å². The monoisotopic (exact) mass is 254 g/mol. The first-order valence-electron chi connectivity index (χ1n) is 6.00. The zero-order chi connectivity index (χ0) is 13.3. The molecule has 0 heterocycles. The highest BCUT2D eigenvalue weighted by Gasteiger charge is 2.25. The average Bonchev–Trinajstić information content (AvgIpc) is 3.09. The molecule has 1 aliphatic carbocycles. The fourth-order valence-electron chi connectivity index (χ4n) is 1.61. The van der Waals surface area contributed by atoms with E-state index in [1.54, 1.807) is 6.92 Å². The molecule has 0 radical (unpaired) electrons. The minimum absolute atomic E-state index is 0.0107. The Hall–Kier alpha value is -1.65. The van der Waals surface area contributed by atoms with Crippen molar-refractivity contribution in [1.29, 1.82) is 0 Å². The van der Waals surface area contributed by atoms with E-state index in [1.165, 1.54) is 6.92 Å². The summed E-state index contributed by atoms with van der Waals surface area (Å²) in [7, 11) is 0. The van der Waals surface area contributed by atoms with Crippen LogP contribution in [0.5, 0.6) is 0 Å². The third-order valence-electron chi connectivity index (χ3n) is 2.94. The maximum absolute atomic E-state index is 13.6. The summed E-state index contributed by atoms with van der Waals surface area (Å²) in [6.45, 7) is 3.11. The van der Waals surface area contributed by atoms with E-state index in [-0.39, 0.29) is 23.2 Å². The Labute approximate surface area is 105 Å². The van der Waals surface area contributed by atoms with E-state index in [1.807, 2.05) is 0 Å². The number of hydrogen-bond donors (Lipinski definition) is 2. The van der Waals surface area contributed by atoms with Gasteiger partial charge in [-0.2, -0.15) is 0 Å². The molecule has 1 amide bonds. The number of amides is 1. The fraction of sp³-hybridized carbons (Fsp3) is 0.462. The average molecular weight is 254 g/mol. The topological polar surface area (TPSA) is 41.1 Å². The molecule has 1 atom stereocenters. The number of carbonyl (C=O) groups is 1. The lowest BCUT2D eigenvalue weighted by Gasteiger charge is -2.16. The van der Waals surface area contributed by atoms with Crippen molar-refractivity contribution in [2.45, 2.75) is 38.8 Å². The molecule has 5 heteroatoms. The highest BCUT2D eigenvalue weighted by atomic mass is 19.1. The summed E-state index contributed by atoms with van der Waals surface area (Å²) in [5.74, 6) is -1.24. The van der Waals surface area contributed by atoms with Gasteiger partial charge in [0.25, 0.3) is 0 Å². The van der Waals surface area contributed by atoms with Crippen molar-refractivity contribution in [3.8, 4) is 0 Å². The molecule has 0 bridgehead atoms. The smallest absolute Gasteiger partial charge is 0.242 e. The second kappa shape index (κ2) is 4.92. The lowest BCUT2D eigenvalue weighted by Crippen LogP contribution is -2.38. The van der Waals surface area contributed by atoms with E-state index >= 15 is 0 Å². The number of halogens is 2. The predicted molar refractivity (Wildman–Crippen MR) is 65.3 cm³/mol. The maximum atomic E-state index is 13.6. The van der Waals surface area contributed by atoms with Gasteiger partial charge in [0.15, 0.2) is 0 Å². The molecule has 1 fully saturated rings. The van der Waals surface area contributed by atoms with Crippen LogP contribution in [-0.2, 0) is 4.79 Å². The highest BCUT2D eigenvalue weighted by molar-refractivity contribution is 5.84. The van der Waals surface area contributed by atoms with Crippen molar-refractivity contribution in [2.75, 3.05) is 5.32 Å². The van der Waals surface area contributed by atoms with Crippen LogP contribution >= 0.6 is 0 Å². The van der Waals surface area contributed by atoms with E-state index in [4.69, 9.17) is 0 Å². The molecule has 0 saturated heterocycles. The lowest BCUT2D eigenvalue weighted by atomic mass is 10.2. The molecule has 3 nitrogen and oxygen atoms in total. The molecule has 98 valence electrons. The molecule has 1 aromatic carbocycles. The first kappa shape index (κ1) is 12.8. The third-order valence-corrected chi connectivity index (χ3v) is 2.94. The quantitative estimate of drug-likeness (QED) is 0.866. The van der Waals surface area contributed by atoms with Gasteiger partial charge in [0.1, 0.15) is 17.7 Å². The SMILES string of the molecule is Cc1cc(F)c(NC(C)C(=O)NC2CC2)cc1F. The highest BCUT2D eigenvalue weighted by Crippen LogP contribution is 2.21. The van der Waals surface area contributed by atoms with Crippen molar-refractivity contribution in [2.24, 2.45) is 0 Å². The summed E-state index contributed by atoms with van der Waals surface area (Å²) < 4.78 is 26.9. The lowest BCUT2D eigenvalue weighted by molar-refractivity contribution is -0.121. The molecular weight excluding hydrogens is 238 g/mol.